The number of halogens is 8. The van der Waals surface area contributed by atoms with Crippen molar-refractivity contribution in [2.45, 2.75) is 37.2 Å². The highest BCUT2D eigenvalue weighted by molar-refractivity contribution is 6.42. The second-order valence-corrected chi connectivity index (χ2v) is 12.2. The van der Waals surface area contributed by atoms with Crippen molar-refractivity contribution in [2.24, 2.45) is 5.92 Å². The summed E-state index contributed by atoms with van der Waals surface area (Å²) in [7, 11) is 1.30. The summed E-state index contributed by atoms with van der Waals surface area (Å²) in [5.74, 6) is -2.81. The molecule has 2 fully saturated rings. The first-order valence-electron chi connectivity index (χ1n) is 14.2. The molecule has 0 aromatic heterocycles. The number of amides is 3. The Labute approximate surface area is 270 Å². The topological polar surface area (TPSA) is 60.9 Å². The van der Waals surface area contributed by atoms with Gasteiger partial charge in [-0.3, -0.25) is 14.4 Å². The molecule has 3 atom stereocenters. The maximum Gasteiger partial charge on any atom is 0.416 e. The van der Waals surface area contributed by atoms with Crippen LogP contribution in [0.25, 0.3) is 0 Å². The van der Waals surface area contributed by atoms with Crippen LogP contribution in [0.15, 0.2) is 66.7 Å². The van der Waals surface area contributed by atoms with Gasteiger partial charge in [0.15, 0.2) is 0 Å². The highest BCUT2D eigenvalue weighted by Gasteiger charge is 2.43. The molecule has 3 aromatic rings. The van der Waals surface area contributed by atoms with E-state index in [1.54, 1.807) is 46.2 Å². The maximum atomic E-state index is 13.7. The second kappa shape index (κ2) is 12.8. The van der Waals surface area contributed by atoms with Gasteiger partial charge in [-0.1, -0.05) is 47.5 Å². The number of carbonyl (C=O) groups excluding carboxylic acids is 3. The van der Waals surface area contributed by atoms with Gasteiger partial charge in [-0.2, -0.15) is 26.3 Å². The van der Waals surface area contributed by atoms with Crippen molar-refractivity contribution in [1.82, 2.24) is 9.80 Å². The number of hydrogen-bond donors (Lipinski definition) is 0. The van der Waals surface area contributed by atoms with Crippen molar-refractivity contribution < 1.29 is 40.7 Å². The maximum absolute atomic E-state index is 13.7. The number of anilines is 1. The van der Waals surface area contributed by atoms with Crippen LogP contribution in [0, 0.1) is 5.92 Å². The summed E-state index contributed by atoms with van der Waals surface area (Å²) in [6.07, 6.45) is -10.1. The van der Waals surface area contributed by atoms with E-state index in [1.165, 1.54) is 13.1 Å². The van der Waals surface area contributed by atoms with Gasteiger partial charge in [0.2, 0.25) is 11.8 Å². The van der Waals surface area contributed by atoms with Crippen LogP contribution >= 0.6 is 23.2 Å². The summed E-state index contributed by atoms with van der Waals surface area (Å²) >= 11 is 12.4. The Bertz CT molecular complexity index is 1620. The highest BCUT2D eigenvalue weighted by Crippen LogP contribution is 2.39. The minimum absolute atomic E-state index is 0.000565. The molecule has 0 N–H and O–H groups in total. The number of rotatable bonds is 5. The summed E-state index contributed by atoms with van der Waals surface area (Å²) < 4.78 is 81.1. The molecule has 0 bridgehead atoms. The molecule has 0 aliphatic carbocycles. The zero-order chi connectivity index (χ0) is 33.6. The minimum atomic E-state index is -5.12. The number of carbonyl (C=O) groups is 3. The largest absolute Gasteiger partial charge is 0.416 e. The number of nitrogens with zero attached hydrogens (tertiary/aromatic N) is 3. The highest BCUT2D eigenvalue weighted by atomic mass is 35.5. The molecular formula is C32H27Cl2F6N3O3. The lowest BCUT2D eigenvalue weighted by Crippen LogP contribution is -2.53. The fraction of sp³-hybridized carbons (Fsp3) is 0.344. The van der Waals surface area contributed by atoms with Crippen molar-refractivity contribution in [3.05, 3.63) is 99.0 Å². The van der Waals surface area contributed by atoms with Gasteiger partial charge in [0.1, 0.15) is 0 Å². The van der Waals surface area contributed by atoms with Crippen LogP contribution in [-0.2, 0) is 21.9 Å². The van der Waals surface area contributed by atoms with E-state index in [4.69, 9.17) is 23.2 Å². The van der Waals surface area contributed by atoms with Crippen LogP contribution in [0.3, 0.4) is 0 Å². The van der Waals surface area contributed by atoms with Crippen LogP contribution in [0.5, 0.6) is 0 Å². The molecule has 3 aromatic carbocycles. The van der Waals surface area contributed by atoms with Crippen LogP contribution in [0.4, 0.5) is 32.0 Å². The van der Waals surface area contributed by atoms with Gasteiger partial charge in [-0.05, 0) is 54.4 Å². The van der Waals surface area contributed by atoms with Gasteiger partial charge in [-0.25, -0.2) is 0 Å². The van der Waals surface area contributed by atoms with Gasteiger partial charge in [0.05, 0.1) is 27.1 Å². The normalized spacial score (nSPS) is 20.6. The number of likely N-dealkylation sites (N-methyl/N-ethyl adjacent to an activating group) is 1. The monoisotopic (exact) mass is 685 g/mol. The first kappa shape index (κ1) is 33.6. The lowest BCUT2D eigenvalue weighted by Gasteiger charge is -2.43. The summed E-state index contributed by atoms with van der Waals surface area (Å²) in [6.45, 7) is 0.353. The zero-order valence-electron chi connectivity index (χ0n) is 24.2. The SMILES string of the molecule is CN(C(=O)c1cc(C(F)(F)F)cc(C(F)(F)F)c1)[C@@H]1CCN(C(=O)C2CC(=O)N(c3ccccc3)C2)C[C@H]1c1ccc(Cl)c(Cl)c1. The molecule has 0 radical (unpaired) electrons. The third kappa shape index (κ3) is 6.97. The summed E-state index contributed by atoms with van der Waals surface area (Å²) in [6, 6.07) is 13.6. The average molecular weight is 686 g/mol. The van der Waals surface area contributed by atoms with Crippen LogP contribution in [-0.4, -0.2) is 60.2 Å². The van der Waals surface area contributed by atoms with Gasteiger partial charge < -0.3 is 14.7 Å². The predicted molar refractivity (Wildman–Crippen MR) is 160 cm³/mol. The molecule has 2 saturated heterocycles. The number of piperidine rings is 1. The fourth-order valence-corrected chi connectivity index (χ4v) is 6.40. The van der Waals surface area contributed by atoms with Gasteiger partial charge >= 0.3 is 12.4 Å². The summed E-state index contributed by atoms with van der Waals surface area (Å²) in [5.41, 5.74) is -2.75. The molecule has 46 heavy (non-hydrogen) atoms. The molecule has 2 heterocycles. The Morgan fingerprint density at radius 1 is 0.848 bits per heavy atom. The Morgan fingerprint density at radius 2 is 1.48 bits per heavy atom. The molecule has 14 heteroatoms. The molecule has 5 rings (SSSR count). The molecule has 3 amide bonds. The minimum Gasteiger partial charge on any atom is -0.342 e. The van der Waals surface area contributed by atoms with Crippen molar-refractivity contribution >= 4 is 46.6 Å². The van der Waals surface area contributed by atoms with E-state index >= 15 is 0 Å². The van der Waals surface area contributed by atoms with Crippen LogP contribution in [0.2, 0.25) is 10.0 Å². The Hall–Kier alpha value is -3.77. The number of para-hydroxylation sites is 1. The van der Waals surface area contributed by atoms with Crippen molar-refractivity contribution in [3.63, 3.8) is 0 Å². The van der Waals surface area contributed by atoms with Gasteiger partial charge in [0.25, 0.3) is 5.91 Å². The van der Waals surface area contributed by atoms with Crippen LogP contribution in [0.1, 0.15) is 45.8 Å². The van der Waals surface area contributed by atoms with E-state index in [0.29, 0.717) is 23.4 Å². The molecule has 1 unspecified atom stereocenters. The number of benzene rings is 3. The van der Waals surface area contributed by atoms with Crippen molar-refractivity contribution in [3.8, 4) is 0 Å². The van der Waals surface area contributed by atoms with Crippen molar-refractivity contribution in [2.75, 3.05) is 31.6 Å². The molecule has 0 spiro atoms. The molecule has 6 nitrogen and oxygen atoms in total. The van der Waals surface area contributed by atoms with Crippen LogP contribution < -0.4 is 4.90 Å². The summed E-state index contributed by atoms with van der Waals surface area (Å²) in [4.78, 5) is 44.3. The average Bonchev–Trinajstić information content (AvgIpc) is 3.41. The van der Waals surface area contributed by atoms with E-state index < -0.39 is 52.8 Å². The van der Waals surface area contributed by atoms with Gasteiger partial charge in [-0.15, -0.1) is 0 Å². The summed E-state index contributed by atoms with van der Waals surface area (Å²) in [5, 5.41) is 0.423. The molecule has 2 aliphatic heterocycles. The van der Waals surface area contributed by atoms with E-state index in [1.807, 2.05) is 6.07 Å². The van der Waals surface area contributed by atoms with Gasteiger partial charge in [0, 0.05) is 56.3 Å². The molecule has 0 saturated carbocycles. The molecule has 2 aliphatic rings. The third-order valence-electron chi connectivity index (χ3n) is 8.45. The fourth-order valence-electron chi connectivity index (χ4n) is 6.10. The zero-order valence-corrected chi connectivity index (χ0v) is 25.7. The lowest BCUT2D eigenvalue weighted by molar-refractivity contribution is -0.143. The standard InChI is InChI=1S/C32H27Cl2F6N3O3/c1-41(29(45)19-11-21(31(35,36)37)15-22(12-19)32(38,39)40)27-9-10-42(17-24(27)18-7-8-25(33)26(34)13-18)30(46)20-14-28(44)43(16-20)23-5-3-2-4-6-23/h2-8,11-13,15,20,24,27H,9-10,14,16-17H2,1H3/t20?,24-,27+/m0/s1. The van der Waals surface area contributed by atoms with Crippen molar-refractivity contribution in [1.29, 1.82) is 0 Å². The molecule has 244 valence electrons. The number of hydrogen-bond acceptors (Lipinski definition) is 3. The Kier molecular flexibility index (Phi) is 9.34. The quantitative estimate of drug-likeness (QED) is 0.261. The first-order chi connectivity index (χ1) is 21.5. The second-order valence-electron chi connectivity index (χ2n) is 11.4. The lowest BCUT2D eigenvalue weighted by atomic mass is 9.84. The Morgan fingerprint density at radius 3 is 2.07 bits per heavy atom. The van der Waals surface area contributed by atoms with E-state index in [-0.39, 0.29) is 60.4 Å². The van der Waals surface area contributed by atoms with E-state index in [2.05, 4.69) is 0 Å². The number of likely N-dealkylation sites (tertiary alicyclic amines) is 1. The number of alkyl halides is 6. The van der Waals surface area contributed by atoms with E-state index in [9.17, 15) is 40.7 Å². The Balaban J connectivity index is 1.43. The predicted octanol–water partition coefficient (Wildman–Crippen LogP) is 7.54. The third-order valence-corrected chi connectivity index (χ3v) is 9.19. The smallest absolute Gasteiger partial charge is 0.342 e. The van der Waals surface area contributed by atoms with E-state index in [0.717, 1.165) is 4.90 Å². The first-order valence-corrected chi connectivity index (χ1v) is 15.0. The molecular weight excluding hydrogens is 659 g/mol.